The van der Waals surface area contributed by atoms with Crippen LogP contribution < -0.4 is 33.2 Å². The van der Waals surface area contributed by atoms with E-state index in [1.165, 1.54) is 0 Å². The van der Waals surface area contributed by atoms with Gasteiger partial charge < -0.3 is 33.2 Å². The number of Topliss-reactive ketones (excluding diaryl/α,β-unsaturated/α-hetero) is 6. The maximum Gasteiger partial charge on any atom is 0.233 e. The van der Waals surface area contributed by atoms with E-state index in [1.54, 1.807) is 0 Å². The van der Waals surface area contributed by atoms with E-state index in [1.807, 2.05) is 6.92 Å². The Labute approximate surface area is 384 Å². The van der Waals surface area contributed by atoms with Gasteiger partial charge in [0, 0.05) is 95.7 Å². The van der Waals surface area contributed by atoms with Gasteiger partial charge in [0.1, 0.15) is 34.7 Å². The average Bonchev–Trinajstić information content (AvgIpc) is 3.28. The highest BCUT2D eigenvalue weighted by Gasteiger charge is 2.23. The molecule has 0 fully saturated rings. The van der Waals surface area contributed by atoms with E-state index in [0.717, 1.165) is 83.5 Å². The minimum absolute atomic E-state index is 0.0243. The summed E-state index contributed by atoms with van der Waals surface area (Å²) in [7, 11) is 0. The SMILES string of the molecule is CCC(=O)CCCCCCC(=O)C(CCCCNC(=O)C(CCCCNC(=O)CCCCCNC(=O)CN)CC(=O)CCCCCCC(=O)CN)CC(=O)CCCCCCC(=O)CN. The molecule has 0 aliphatic carbocycles. The molecule has 15 nitrogen and oxygen atoms in total. The maximum atomic E-state index is 13.5. The second-order valence-electron chi connectivity index (χ2n) is 17.5. The van der Waals surface area contributed by atoms with Crippen LogP contribution in [0.5, 0.6) is 0 Å². The standard InChI is InChI=1S/C49H88N6O9/c1-2-41(56)24-10-7-8-15-29-46(61)39(34-42(57)25-11-3-5-13-27-44(59)36-50)22-17-21-33-55-49(64)40(35-43(58)26-12-4-6-14-28-45(60)37-51)23-18-20-32-53-47(62)30-16-9-19-31-54-48(63)38-52/h39-40H,2-38,50-52H2,1H3,(H,53,62)(H,54,63)(H,55,64). The molecule has 15 heteroatoms. The molecule has 0 aliphatic heterocycles. The molecule has 0 saturated heterocycles. The lowest BCUT2D eigenvalue weighted by atomic mass is 9.88. The van der Waals surface area contributed by atoms with Crippen molar-refractivity contribution in [3.63, 3.8) is 0 Å². The third-order valence-corrected chi connectivity index (χ3v) is 11.7. The first kappa shape index (κ1) is 60.3. The molecular formula is C49H88N6O9. The molecule has 0 radical (unpaired) electrons. The highest BCUT2D eigenvalue weighted by molar-refractivity contribution is 5.88. The molecule has 0 rings (SSSR count). The monoisotopic (exact) mass is 905 g/mol. The van der Waals surface area contributed by atoms with Crippen molar-refractivity contribution in [3.8, 4) is 0 Å². The first-order chi connectivity index (χ1) is 30.9. The number of hydrogen-bond donors (Lipinski definition) is 6. The number of nitrogens with two attached hydrogens (primary N) is 3. The molecule has 0 heterocycles. The van der Waals surface area contributed by atoms with Gasteiger partial charge in [-0.15, -0.1) is 0 Å². The predicted octanol–water partition coefficient (Wildman–Crippen LogP) is 5.97. The van der Waals surface area contributed by atoms with E-state index in [9.17, 15) is 43.2 Å². The van der Waals surface area contributed by atoms with Gasteiger partial charge in [0.2, 0.25) is 17.7 Å². The van der Waals surface area contributed by atoms with Gasteiger partial charge in [0.05, 0.1) is 19.6 Å². The Hall–Kier alpha value is -3.69. The topological polar surface area (TPSA) is 268 Å². The van der Waals surface area contributed by atoms with E-state index in [2.05, 4.69) is 16.0 Å². The first-order valence-corrected chi connectivity index (χ1v) is 24.9. The van der Waals surface area contributed by atoms with Crippen molar-refractivity contribution in [2.45, 2.75) is 206 Å². The molecule has 0 aromatic carbocycles. The van der Waals surface area contributed by atoms with Crippen molar-refractivity contribution in [2.75, 3.05) is 39.3 Å². The molecule has 2 atom stereocenters. The smallest absolute Gasteiger partial charge is 0.233 e. The first-order valence-electron chi connectivity index (χ1n) is 24.9. The molecule has 0 saturated carbocycles. The van der Waals surface area contributed by atoms with Crippen LogP contribution >= 0.6 is 0 Å². The summed E-state index contributed by atoms with van der Waals surface area (Å²) in [5.41, 5.74) is 16.0. The Morgan fingerprint density at radius 3 is 1.22 bits per heavy atom. The molecule has 0 spiro atoms. The number of unbranched alkanes of at least 4 members (excludes halogenated alkanes) is 13. The van der Waals surface area contributed by atoms with Gasteiger partial charge in [0.15, 0.2) is 0 Å². The number of nitrogens with one attached hydrogen (secondary N) is 3. The van der Waals surface area contributed by atoms with Crippen LogP contribution in [0.15, 0.2) is 0 Å². The van der Waals surface area contributed by atoms with E-state index < -0.39 is 5.92 Å². The minimum atomic E-state index is -0.502. The summed E-state index contributed by atoms with van der Waals surface area (Å²) in [5.74, 6) is -0.803. The largest absolute Gasteiger partial charge is 0.356 e. The Bertz CT molecular complexity index is 1360. The molecule has 0 bridgehead atoms. The highest BCUT2D eigenvalue weighted by atomic mass is 16.2. The predicted molar refractivity (Wildman–Crippen MR) is 252 cm³/mol. The van der Waals surface area contributed by atoms with E-state index in [4.69, 9.17) is 17.2 Å². The summed E-state index contributed by atoms with van der Waals surface area (Å²) in [5, 5.41) is 8.67. The van der Waals surface area contributed by atoms with Crippen molar-refractivity contribution in [1.82, 2.24) is 16.0 Å². The number of ketones is 6. The third-order valence-electron chi connectivity index (χ3n) is 11.7. The lowest BCUT2D eigenvalue weighted by molar-refractivity contribution is -0.129. The molecule has 0 aromatic rings. The number of hydrogen-bond acceptors (Lipinski definition) is 12. The van der Waals surface area contributed by atoms with Crippen molar-refractivity contribution >= 4 is 52.4 Å². The summed E-state index contributed by atoms with van der Waals surface area (Å²) in [6.45, 7) is 3.31. The van der Waals surface area contributed by atoms with Crippen LogP contribution in [0.4, 0.5) is 0 Å². The lowest BCUT2D eigenvalue weighted by Crippen LogP contribution is -2.33. The van der Waals surface area contributed by atoms with Gasteiger partial charge in [-0.3, -0.25) is 43.2 Å². The fraction of sp³-hybridized carbons (Fsp3) is 0.816. The number of amides is 3. The second kappa shape index (κ2) is 42.0. The Kier molecular flexibility index (Phi) is 39.6. The van der Waals surface area contributed by atoms with Crippen LogP contribution in [0, 0.1) is 11.8 Å². The van der Waals surface area contributed by atoms with E-state index in [0.29, 0.717) is 122 Å². The summed E-state index contributed by atoms with van der Waals surface area (Å²) in [4.78, 5) is 111. The molecule has 368 valence electrons. The van der Waals surface area contributed by atoms with Crippen molar-refractivity contribution in [3.05, 3.63) is 0 Å². The fourth-order valence-electron chi connectivity index (χ4n) is 7.60. The Morgan fingerprint density at radius 2 is 0.734 bits per heavy atom. The number of rotatable bonds is 47. The van der Waals surface area contributed by atoms with Crippen LogP contribution in [0.25, 0.3) is 0 Å². The number of carbonyl (C=O) groups excluding carboxylic acids is 9. The van der Waals surface area contributed by atoms with Crippen molar-refractivity contribution in [1.29, 1.82) is 0 Å². The Balaban J connectivity index is 5.12. The normalized spacial score (nSPS) is 12.0. The van der Waals surface area contributed by atoms with Crippen molar-refractivity contribution < 1.29 is 43.2 Å². The van der Waals surface area contributed by atoms with Gasteiger partial charge in [-0.05, 0) is 77.0 Å². The van der Waals surface area contributed by atoms with Crippen molar-refractivity contribution in [2.24, 2.45) is 29.0 Å². The molecule has 64 heavy (non-hydrogen) atoms. The lowest BCUT2D eigenvalue weighted by Gasteiger charge is -2.18. The van der Waals surface area contributed by atoms with E-state index >= 15 is 0 Å². The van der Waals surface area contributed by atoms with Gasteiger partial charge in [-0.2, -0.15) is 0 Å². The molecule has 9 N–H and O–H groups in total. The summed E-state index contributed by atoms with van der Waals surface area (Å²) in [6, 6.07) is 0. The van der Waals surface area contributed by atoms with Crippen LogP contribution in [0.1, 0.15) is 206 Å². The fourth-order valence-corrected chi connectivity index (χ4v) is 7.60. The van der Waals surface area contributed by atoms with Crippen LogP contribution in [0.2, 0.25) is 0 Å². The molecule has 0 aliphatic rings. The van der Waals surface area contributed by atoms with Crippen LogP contribution in [-0.2, 0) is 43.2 Å². The van der Waals surface area contributed by atoms with Gasteiger partial charge in [-0.25, -0.2) is 0 Å². The summed E-state index contributed by atoms with van der Waals surface area (Å²) < 4.78 is 0. The second-order valence-corrected chi connectivity index (χ2v) is 17.5. The zero-order valence-electron chi connectivity index (χ0n) is 39.7. The third kappa shape index (κ3) is 36.6. The minimum Gasteiger partial charge on any atom is -0.356 e. The van der Waals surface area contributed by atoms with Gasteiger partial charge in [0.25, 0.3) is 0 Å². The quantitative estimate of drug-likeness (QED) is 0.0386. The average molecular weight is 905 g/mol. The zero-order chi connectivity index (χ0) is 47.6. The molecular weight excluding hydrogens is 817 g/mol. The van der Waals surface area contributed by atoms with Crippen LogP contribution in [0.3, 0.4) is 0 Å². The number of carbonyl (C=O) groups is 9. The van der Waals surface area contributed by atoms with Gasteiger partial charge in [-0.1, -0.05) is 64.7 Å². The summed E-state index contributed by atoms with van der Waals surface area (Å²) >= 11 is 0. The zero-order valence-corrected chi connectivity index (χ0v) is 39.7. The highest BCUT2D eigenvalue weighted by Crippen LogP contribution is 2.21. The molecule has 2 unspecified atom stereocenters. The Morgan fingerprint density at radius 1 is 0.359 bits per heavy atom. The van der Waals surface area contributed by atoms with Gasteiger partial charge >= 0.3 is 0 Å². The van der Waals surface area contributed by atoms with E-state index in [-0.39, 0.29) is 90.8 Å². The summed E-state index contributed by atoms with van der Waals surface area (Å²) in [6.07, 6.45) is 19.4. The molecule has 3 amide bonds. The molecule has 0 aromatic heterocycles. The maximum absolute atomic E-state index is 13.5. The van der Waals surface area contributed by atoms with Crippen LogP contribution in [-0.4, -0.2) is 91.7 Å².